The minimum absolute atomic E-state index is 0.0600. The van der Waals surface area contributed by atoms with E-state index in [4.69, 9.17) is 0 Å². The number of hydrogen-bond acceptors (Lipinski definition) is 3. The standard InChI is InChI=1S/C20H23N3O2/c1-15-6-5-9-18(22-15)13-21-20(25)17-12-19(24)23(14-17)11-10-16-7-3-2-4-8-16/h2-9,17H,10-14H2,1H3,(H,21,25). The lowest BCUT2D eigenvalue weighted by molar-refractivity contribution is -0.129. The van der Waals surface area contributed by atoms with Crippen molar-refractivity contribution in [1.82, 2.24) is 15.2 Å². The van der Waals surface area contributed by atoms with Gasteiger partial charge >= 0.3 is 0 Å². The fourth-order valence-electron chi connectivity index (χ4n) is 3.09. The number of aryl methyl sites for hydroxylation is 1. The Balaban J connectivity index is 1.48. The molecule has 1 unspecified atom stereocenters. The van der Waals surface area contributed by atoms with E-state index < -0.39 is 0 Å². The van der Waals surface area contributed by atoms with Crippen molar-refractivity contribution in [2.75, 3.05) is 13.1 Å². The zero-order valence-corrected chi connectivity index (χ0v) is 14.4. The maximum absolute atomic E-state index is 12.4. The van der Waals surface area contributed by atoms with Crippen molar-refractivity contribution in [3.8, 4) is 0 Å². The van der Waals surface area contributed by atoms with Gasteiger partial charge in [0.1, 0.15) is 0 Å². The number of carbonyl (C=O) groups excluding carboxylic acids is 2. The number of aromatic nitrogens is 1. The molecule has 0 aliphatic carbocycles. The van der Waals surface area contributed by atoms with Gasteiger partial charge in [-0.05, 0) is 31.0 Å². The summed E-state index contributed by atoms with van der Waals surface area (Å²) in [6, 6.07) is 15.8. The van der Waals surface area contributed by atoms with E-state index in [1.165, 1.54) is 5.56 Å². The van der Waals surface area contributed by atoms with E-state index in [0.29, 0.717) is 26.1 Å². The van der Waals surface area contributed by atoms with Crippen LogP contribution in [-0.4, -0.2) is 34.8 Å². The van der Waals surface area contributed by atoms with Crippen LogP contribution in [0.2, 0.25) is 0 Å². The molecule has 1 fully saturated rings. The Hall–Kier alpha value is -2.69. The zero-order valence-electron chi connectivity index (χ0n) is 14.4. The molecule has 0 saturated carbocycles. The molecule has 1 aliphatic heterocycles. The third-order valence-corrected chi connectivity index (χ3v) is 4.49. The van der Waals surface area contributed by atoms with E-state index in [9.17, 15) is 9.59 Å². The van der Waals surface area contributed by atoms with Gasteiger partial charge in [-0.15, -0.1) is 0 Å². The predicted molar refractivity (Wildman–Crippen MR) is 95.7 cm³/mol. The lowest BCUT2D eigenvalue weighted by Gasteiger charge is -2.16. The Kier molecular flexibility index (Phi) is 5.43. The van der Waals surface area contributed by atoms with Crippen molar-refractivity contribution in [2.24, 2.45) is 5.92 Å². The molecule has 1 aliphatic rings. The maximum Gasteiger partial charge on any atom is 0.225 e. The van der Waals surface area contributed by atoms with E-state index in [2.05, 4.69) is 22.4 Å². The molecule has 1 saturated heterocycles. The summed E-state index contributed by atoms with van der Waals surface area (Å²) in [5, 5.41) is 2.90. The summed E-state index contributed by atoms with van der Waals surface area (Å²) in [6.45, 7) is 3.48. The highest BCUT2D eigenvalue weighted by molar-refractivity contribution is 5.89. The van der Waals surface area contributed by atoms with Crippen LogP contribution in [0.3, 0.4) is 0 Å². The van der Waals surface area contributed by atoms with Crippen molar-refractivity contribution < 1.29 is 9.59 Å². The van der Waals surface area contributed by atoms with Crippen LogP contribution >= 0.6 is 0 Å². The van der Waals surface area contributed by atoms with Gasteiger partial charge in [-0.1, -0.05) is 36.4 Å². The normalized spacial score (nSPS) is 16.9. The molecule has 0 bridgehead atoms. The Morgan fingerprint density at radius 2 is 2.00 bits per heavy atom. The van der Waals surface area contributed by atoms with Crippen LogP contribution in [0.1, 0.15) is 23.4 Å². The molecule has 130 valence electrons. The van der Waals surface area contributed by atoms with Gasteiger partial charge in [0.2, 0.25) is 11.8 Å². The molecule has 2 heterocycles. The molecular formula is C20H23N3O2. The fraction of sp³-hybridized carbons (Fsp3) is 0.350. The van der Waals surface area contributed by atoms with Gasteiger partial charge in [0.15, 0.2) is 0 Å². The Bertz CT molecular complexity index is 746. The number of amides is 2. The molecule has 1 N–H and O–H groups in total. The smallest absolute Gasteiger partial charge is 0.225 e. The third kappa shape index (κ3) is 4.66. The second-order valence-electron chi connectivity index (χ2n) is 6.46. The second-order valence-corrected chi connectivity index (χ2v) is 6.46. The molecule has 1 aromatic carbocycles. The van der Waals surface area contributed by atoms with Crippen LogP contribution in [0.4, 0.5) is 0 Å². The van der Waals surface area contributed by atoms with Gasteiger partial charge in [-0.2, -0.15) is 0 Å². The Labute approximate surface area is 148 Å². The predicted octanol–water partition coefficient (Wildman–Crippen LogP) is 2.10. The van der Waals surface area contributed by atoms with Crippen molar-refractivity contribution in [3.05, 3.63) is 65.5 Å². The Morgan fingerprint density at radius 1 is 1.20 bits per heavy atom. The lowest BCUT2D eigenvalue weighted by Crippen LogP contribution is -2.33. The number of carbonyl (C=O) groups is 2. The first-order chi connectivity index (χ1) is 12.1. The van der Waals surface area contributed by atoms with Gasteiger partial charge in [-0.3, -0.25) is 14.6 Å². The highest BCUT2D eigenvalue weighted by Crippen LogP contribution is 2.18. The molecule has 1 atom stereocenters. The largest absolute Gasteiger partial charge is 0.350 e. The third-order valence-electron chi connectivity index (χ3n) is 4.49. The van der Waals surface area contributed by atoms with Gasteiger partial charge in [0.25, 0.3) is 0 Å². The molecular weight excluding hydrogens is 314 g/mol. The van der Waals surface area contributed by atoms with Gasteiger partial charge in [0.05, 0.1) is 18.2 Å². The highest BCUT2D eigenvalue weighted by atomic mass is 16.2. The van der Waals surface area contributed by atoms with Crippen molar-refractivity contribution in [1.29, 1.82) is 0 Å². The van der Waals surface area contributed by atoms with Crippen molar-refractivity contribution in [2.45, 2.75) is 26.3 Å². The van der Waals surface area contributed by atoms with E-state index >= 15 is 0 Å². The molecule has 25 heavy (non-hydrogen) atoms. The number of nitrogens with one attached hydrogen (secondary N) is 1. The highest BCUT2D eigenvalue weighted by Gasteiger charge is 2.33. The summed E-state index contributed by atoms with van der Waals surface area (Å²) >= 11 is 0. The topological polar surface area (TPSA) is 62.3 Å². The van der Waals surface area contributed by atoms with Crippen LogP contribution in [0.25, 0.3) is 0 Å². The van der Waals surface area contributed by atoms with E-state index in [0.717, 1.165) is 17.8 Å². The molecule has 5 heteroatoms. The summed E-state index contributed by atoms with van der Waals surface area (Å²) in [7, 11) is 0. The van der Waals surface area contributed by atoms with Gasteiger partial charge in [0, 0.05) is 25.2 Å². The van der Waals surface area contributed by atoms with E-state index in [1.807, 2.05) is 43.3 Å². The average molecular weight is 337 g/mol. The summed E-state index contributed by atoms with van der Waals surface area (Å²) in [5.74, 6) is -0.281. The molecule has 0 spiro atoms. The molecule has 2 amide bonds. The summed E-state index contributed by atoms with van der Waals surface area (Å²) in [5.41, 5.74) is 2.96. The molecule has 5 nitrogen and oxygen atoms in total. The first-order valence-corrected chi connectivity index (χ1v) is 8.64. The van der Waals surface area contributed by atoms with Crippen LogP contribution < -0.4 is 5.32 Å². The van der Waals surface area contributed by atoms with Gasteiger partial charge < -0.3 is 10.2 Å². The van der Waals surface area contributed by atoms with Crippen LogP contribution in [0, 0.1) is 12.8 Å². The van der Waals surface area contributed by atoms with Crippen molar-refractivity contribution in [3.63, 3.8) is 0 Å². The molecule has 0 radical (unpaired) electrons. The average Bonchev–Trinajstić information content (AvgIpc) is 3.00. The first-order valence-electron chi connectivity index (χ1n) is 8.64. The first kappa shape index (κ1) is 17.1. The second kappa shape index (κ2) is 7.92. The van der Waals surface area contributed by atoms with E-state index in [-0.39, 0.29) is 17.7 Å². The minimum Gasteiger partial charge on any atom is -0.350 e. The summed E-state index contributed by atoms with van der Waals surface area (Å²) < 4.78 is 0. The summed E-state index contributed by atoms with van der Waals surface area (Å²) in [6.07, 6.45) is 1.11. The number of nitrogens with zero attached hydrogens (tertiary/aromatic N) is 2. The lowest BCUT2D eigenvalue weighted by atomic mass is 10.1. The van der Waals surface area contributed by atoms with Crippen LogP contribution in [-0.2, 0) is 22.6 Å². The minimum atomic E-state index is -0.270. The maximum atomic E-state index is 12.4. The molecule has 2 aromatic rings. The number of pyridine rings is 1. The number of benzene rings is 1. The van der Waals surface area contributed by atoms with Crippen LogP contribution in [0.5, 0.6) is 0 Å². The van der Waals surface area contributed by atoms with Crippen LogP contribution in [0.15, 0.2) is 48.5 Å². The van der Waals surface area contributed by atoms with Crippen molar-refractivity contribution >= 4 is 11.8 Å². The Morgan fingerprint density at radius 3 is 2.76 bits per heavy atom. The number of hydrogen-bond donors (Lipinski definition) is 1. The fourth-order valence-corrected chi connectivity index (χ4v) is 3.09. The number of rotatable bonds is 6. The SMILES string of the molecule is Cc1cccc(CNC(=O)C2CC(=O)N(CCc3ccccc3)C2)n1. The number of likely N-dealkylation sites (tertiary alicyclic amines) is 1. The van der Waals surface area contributed by atoms with E-state index in [1.54, 1.807) is 4.90 Å². The molecule has 1 aromatic heterocycles. The van der Waals surface area contributed by atoms with Gasteiger partial charge in [-0.25, -0.2) is 0 Å². The quantitative estimate of drug-likeness (QED) is 0.878. The monoisotopic (exact) mass is 337 g/mol. The summed E-state index contributed by atoms with van der Waals surface area (Å²) in [4.78, 5) is 30.7. The zero-order chi connectivity index (χ0) is 17.6. The molecule has 3 rings (SSSR count).